The maximum Gasteiger partial charge on any atom is 0.228 e. The molecule has 110 valence electrons. The Bertz CT molecular complexity index is 519. The number of aromatic hydroxyl groups is 1. The highest BCUT2D eigenvalue weighted by atomic mass is 32.1. The topological polar surface area (TPSA) is 61.4 Å². The number of phenolic OH excluding ortho intramolecular Hbond substituents is 1. The lowest BCUT2D eigenvalue weighted by Crippen LogP contribution is -2.36. The molecule has 0 atom stereocenters. The third kappa shape index (κ3) is 4.49. The van der Waals surface area contributed by atoms with Crippen LogP contribution in [0.5, 0.6) is 5.75 Å². The average Bonchev–Trinajstić information content (AvgIpc) is 2.30. The molecule has 4 nitrogen and oxygen atoms in total. The first-order valence-electron chi connectivity index (χ1n) is 6.56. The Hall–Kier alpha value is -1.62. The molecule has 0 radical (unpaired) electrons. The number of nitrogens with one attached hydrogen (secondary N) is 2. The van der Waals surface area contributed by atoms with Crippen LogP contribution < -0.4 is 10.6 Å². The van der Waals surface area contributed by atoms with Crippen LogP contribution in [0.4, 0.5) is 5.69 Å². The highest BCUT2D eigenvalue weighted by Gasteiger charge is 2.16. The standard InChI is InChI=1S/C15H22N2O2S/c1-9(2)13(19)17-14(20)16-11-8-10(15(3,4)5)6-7-12(11)18/h6-9,18H,1-5H3,(H2,16,17,19,20). The Labute approximate surface area is 125 Å². The van der Waals surface area contributed by atoms with Gasteiger partial charge >= 0.3 is 0 Å². The fraction of sp³-hybridized carbons (Fsp3) is 0.467. The van der Waals surface area contributed by atoms with Gasteiger partial charge in [-0.25, -0.2) is 0 Å². The van der Waals surface area contributed by atoms with Gasteiger partial charge in [-0.05, 0) is 35.3 Å². The molecule has 1 aromatic rings. The van der Waals surface area contributed by atoms with Crippen molar-refractivity contribution in [3.05, 3.63) is 23.8 Å². The van der Waals surface area contributed by atoms with Crippen LogP contribution in [0.25, 0.3) is 0 Å². The molecule has 1 rings (SSSR count). The summed E-state index contributed by atoms with van der Waals surface area (Å²) >= 11 is 5.07. The summed E-state index contributed by atoms with van der Waals surface area (Å²) in [6.45, 7) is 9.83. The highest BCUT2D eigenvalue weighted by Crippen LogP contribution is 2.30. The number of hydrogen-bond acceptors (Lipinski definition) is 3. The second-order valence-electron chi connectivity index (χ2n) is 6.08. The molecule has 1 aromatic carbocycles. The fourth-order valence-corrected chi connectivity index (χ4v) is 1.72. The van der Waals surface area contributed by atoms with Crippen molar-refractivity contribution in [3.63, 3.8) is 0 Å². The summed E-state index contributed by atoms with van der Waals surface area (Å²) in [6, 6.07) is 5.33. The average molecular weight is 294 g/mol. The van der Waals surface area contributed by atoms with Crippen LogP contribution in [-0.2, 0) is 10.2 Å². The van der Waals surface area contributed by atoms with Gasteiger partial charge in [0.1, 0.15) is 5.75 Å². The SMILES string of the molecule is CC(C)C(=O)NC(=S)Nc1cc(C(C)(C)C)ccc1O. The van der Waals surface area contributed by atoms with Crippen LogP contribution in [0.1, 0.15) is 40.2 Å². The summed E-state index contributed by atoms with van der Waals surface area (Å²) in [5, 5.41) is 15.5. The van der Waals surface area contributed by atoms with E-state index < -0.39 is 0 Å². The number of carbonyl (C=O) groups is 1. The van der Waals surface area contributed by atoms with Crippen LogP contribution in [-0.4, -0.2) is 16.1 Å². The van der Waals surface area contributed by atoms with Gasteiger partial charge < -0.3 is 15.7 Å². The number of benzene rings is 1. The third-order valence-electron chi connectivity index (χ3n) is 2.87. The molecule has 0 aliphatic carbocycles. The number of thiocarbonyl (C=S) groups is 1. The monoisotopic (exact) mass is 294 g/mol. The van der Waals surface area contributed by atoms with E-state index in [1.807, 2.05) is 12.1 Å². The molecule has 1 amide bonds. The minimum Gasteiger partial charge on any atom is -0.506 e. The molecular weight excluding hydrogens is 272 g/mol. The summed E-state index contributed by atoms with van der Waals surface area (Å²) in [5.74, 6) is -0.211. The van der Waals surface area contributed by atoms with E-state index in [1.54, 1.807) is 19.9 Å². The Balaban J connectivity index is 2.87. The third-order valence-corrected chi connectivity index (χ3v) is 3.08. The largest absolute Gasteiger partial charge is 0.506 e. The first-order valence-corrected chi connectivity index (χ1v) is 6.97. The number of carbonyl (C=O) groups excluding carboxylic acids is 1. The van der Waals surface area contributed by atoms with Crippen molar-refractivity contribution >= 4 is 28.9 Å². The molecule has 0 aromatic heterocycles. The molecule has 0 heterocycles. The van der Waals surface area contributed by atoms with Crippen molar-refractivity contribution in [3.8, 4) is 5.75 Å². The molecule has 0 saturated heterocycles. The molecule has 0 spiro atoms. The zero-order chi connectivity index (χ0) is 15.5. The summed E-state index contributed by atoms with van der Waals surface area (Å²) in [6.07, 6.45) is 0. The smallest absolute Gasteiger partial charge is 0.228 e. The van der Waals surface area contributed by atoms with Gasteiger partial charge in [0.05, 0.1) is 5.69 Å². The molecule has 0 aliphatic rings. The van der Waals surface area contributed by atoms with Crippen molar-refractivity contribution < 1.29 is 9.90 Å². The molecule has 0 aliphatic heterocycles. The quantitative estimate of drug-likeness (QED) is 0.579. The van der Waals surface area contributed by atoms with Crippen LogP contribution >= 0.6 is 12.2 Å². The molecular formula is C15H22N2O2S. The molecule has 0 fully saturated rings. The maximum atomic E-state index is 11.6. The van der Waals surface area contributed by atoms with Gasteiger partial charge in [-0.2, -0.15) is 0 Å². The number of anilines is 1. The van der Waals surface area contributed by atoms with E-state index in [9.17, 15) is 9.90 Å². The molecule has 0 saturated carbocycles. The van der Waals surface area contributed by atoms with Gasteiger partial charge in [-0.15, -0.1) is 0 Å². The van der Waals surface area contributed by atoms with Gasteiger partial charge in [0.15, 0.2) is 5.11 Å². The van der Waals surface area contributed by atoms with Crippen LogP contribution in [0, 0.1) is 5.92 Å². The maximum absolute atomic E-state index is 11.6. The number of phenols is 1. The number of amides is 1. The van der Waals surface area contributed by atoms with Gasteiger partial charge in [0.2, 0.25) is 5.91 Å². The van der Waals surface area contributed by atoms with Crippen molar-refractivity contribution in [1.82, 2.24) is 5.32 Å². The predicted molar refractivity (Wildman–Crippen MR) is 86.0 cm³/mol. The number of rotatable bonds is 2. The Morgan fingerprint density at radius 1 is 1.30 bits per heavy atom. The van der Waals surface area contributed by atoms with E-state index in [0.29, 0.717) is 5.69 Å². The first kappa shape index (κ1) is 16.4. The molecule has 0 bridgehead atoms. The van der Waals surface area contributed by atoms with E-state index >= 15 is 0 Å². The van der Waals surface area contributed by atoms with Crippen molar-refractivity contribution in [2.24, 2.45) is 5.92 Å². The van der Waals surface area contributed by atoms with Crippen molar-refractivity contribution in [1.29, 1.82) is 0 Å². The van der Waals surface area contributed by atoms with E-state index in [4.69, 9.17) is 12.2 Å². The zero-order valence-corrected chi connectivity index (χ0v) is 13.4. The lowest BCUT2D eigenvalue weighted by Gasteiger charge is -2.21. The van der Waals surface area contributed by atoms with E-state index in [0.717, 1.165) is 5.56 Å². The fourth-order valence-electron chi connectivity index (χ4n) is 1.51. The van der Waals surface area contributed by atoms with Gasteiger partial charge in [0, 0.05) is 5.92 Å². The summed E-state index contributed by atoms with van der Waals surface area (Å²) in [7, 11) is 0. The van der Waals surface area contributed by atoms with E-state index in [2.05, 4.69) is 31.4 Å². The Morgan fingerprint density at radius 2 is 1.90 bits per heavy atom. The highest BCUT2D eigenvalue weighted by molar-refractivity contribution is 7.80. The van der Waals surface area contributed by atoms with Gasteiger partial charge in [0.25, 0.3) is 0 Å². The minimum absolute atomic E-state index is 0.0348. The van der Waals surface area contributed by atoms with Gasteiger partial charge in [-0.3, -0.25) is 4.79 Å². The Kier molecular flexibility index (Phi) is 5.11. The lowest BCUT2D eigenvalue weighted by molar-refractivity contribution is -0.122. The lowest BCUT2D eigenvalue weighted by atomic mass is 9.87. The predicted octanol–water partition coefficient (Wildman–Crippen LogP) is 3.16. The van der Waals surface area contributed by atoms with Crippen molar-refractivity contribution in [2.45, 2.75) is 40.0 Å². The molecule has 5 heteroatoms. The second kappa shape index (κ2) is 6.22. The summed E-state index contributed by atoms with van der Waals surface area (Å²) in [4.78, 5) is 11.6. The van der Waals surface area contributed by atoms with Gasteiger partial charge in [-0.1, -0.05) is 40.7 Å². The summed E-state index contributed by atoms with van der Waals surface area (Å²) < 4.78 is 0. The number of hydrogen-bond donors (Lipinski definition) is 3. The molecule has 3 N–H and O–H groups in total. The molecule has 0 unspecified atom stereocenters. The van der Waals surface area contributed by atoms with Crippen LogP contribution in [0.15, 0.2) is 18.2 Å². The van der Waals surface area contributed by atoms with Crippen LogP contribution in [0.3, 0.4) is 0 Å². The minimum atomic E-state index is -0.158. The molecule has 20 heavy (non-hydrogen) atoms. The van der Waals surface area contributed by atoms with Crippen molar-refractivity contribution in [2.75, 3.05) is 5.32 Å². The summed E-state index contributed by atoms with van der Waals surface area (Å²) in [5.41, 5.74) is 1.52. The second-order valence-corrected chi connectivity index (χ2v) is 6.49. The normalized spacial score (nSPS) is 11.3. The van der Waals surface area contributed by atoms with E-state index in [1.165, 1.54) is 0 Å². The Morgan fingerprint density at radius 3 is 2.40 bits per heavy atom. The first-order chi connectivity index (χ1) is 9.11. The van der Waals surface area contributed by atoms with Crippen LogP contribution in [0.2, 0.25) is 0 Å². The zero-order valence-electron chi connectivity index (χ0n) is 12.6. The van der Waals surface area contributed by atoms with E-state index in [-0.39, 0.29) is 28.1 Å².